The molecule has 0 aromatic carbocycles. The molecule has 4 heteroatoms. The Kier molecular flexibility index (Phi) is 8.84. The number of azo groups is 1. The van der Waals surface area contributed by atoms with Crippen LogP contribution in [0.2, 0.25) is 0 Å². The smallest absolute Gasteiger partial charge is 0.164 e. The normalized spacial score (nSPS) is 15.8. The molecule has 0 aliphatic rings. The summed E-state index contributed by atoms with van der Waals surface area (Å²) < 4.78 is 0. The molecule has 0 aromatic heterocycles. The molecule has 0 rings (SSSR count). The maximum Gasteiger partial charge on any atom is 0.164 e. The maximum absolute atomic E-state index is 9.16. The van der Waals surface area contributed by atoms with Crippen molar-refractivity contribution < 1.29 is 0 Å². The zero-order valence-electron chi connectivity index (χ0n) is 11.8. The minimum absolute atomic E-state index is 0.0946. The monoisotopic (exact) mass is 248 g/mol. The first-order chi connectivity index (χ1) is 8.58. The molecule has 0 radical (unpaired) electrons. The SMILES string of the molecule is CCCCCC(C)(C#N)N=NC(C)CCCC#N. The average molecular weight is 248 g/mol. The summed E-state index contributed by atoms with van der Waals surface area (Å²) in [6.45, 7) is 5.96. The Morgan fingerprint density at radius 3 is 2.50 bits per heavy atom. The van der Waals surface area contributed by atoms with Crippen LogP contribution < -0.4 is 0 Å². The summed E-state index contributed by atoms with van der Waals surface area (Å²) in [5.41, 5.74) is -0.682. The molecular formula is C14H24N4. The van der Waals surface area contributed by atoms with Crippen LogP contribution >= 0.6 is 0 Å². The molecule has 0 fully saturated rings. The van der Waals surface area contributed by atoms with E-state index in [-0.39, 0.29) is 6.04 Å². The van der Waals surface area contributed by atoms with E-state index in [1.54, 1.807) is 0 Å². The molecule has 0 saturated carbocycles. The van der Waals surface area contributed by atoms with Gasteiger partial charge in [-0.15, -0.1) is 0 Å². The lowest BCUT2D eigenvalue weighted by atomic mass is 9.97. The van der Waals surface area contributed by atoms with Crippen molar-refractivity contribution in [3.63, 3.8) is 0 Å². The molecule has 0 spiro atoms. The van der Waals surface area contributed by atoms with Crippen LogP contribution in [0, 0.1) is 22.7 Å². The van der Waals surface area contributed by atoms with E-state index in [9.17, 15) is 0 Å². The second-order valence-electron chi connectivity index (χ2n) is 4.96. The van der Waals surface area contributed by atoms with E-state index in [0.717, 1.165) is 38.5 Å². The van der Waals surface area contributed by atoms with E-state index < -0.39 is 5.54 Å². The molecule has 18 heavy (non-hydrogen) atoms. The zero-order valence-corrected chi connectivity index (χ0v) is 11.8. The van der Waals surface area contributed by atoms with Gasteiger partial charge in [-0.05, 0) is 39.5 Å². The Hall–Kier alpha value is -1.42. The lowest BCUT2D eigenvalue weighted by Crippen LogP contribution is -2.19. The van der Waals surface area contributed by atoms with Crippen LogP contribution in [-0.4, -0.2) is 11.6 Å². The van der Waals surface area contributed by atoms with Crippen molar-refractivity contribution in [3.05, 3.63) is 0 Å². The molecule has 0 aromatic rings. The van der Waals surface area contributed by atoms with Gasteiger partial charge >= 0.3 is 0 Å². The van der Waals surface area contributed by atoms with E-state index in [2.05, 4.69) is 29.3 Å². The van der Waals surface area contributed by atoms with E-state index >= 15 is 0 Å². The van der Waals surface area contributed by atoms with Crippen LogP contribution in [0.5, 0.6) is 0 Å². The quantitative estimate of drug-likeness (QED) is 0.448. The Labute approximate surface area is 111 Å². The van der Waals surface area contributed by atoms with Gasteiger partial charge in [0.1, 0.15) is 0 Å². The van der Waals surface area contributed by atoms with Crippen molar-refractivity contribution in [3.8, 4) is 12.1 Å². The Morgan fingerprint density at radius 2 is 1.94 bits per heavy atom. The summed E-state index contributed by atoms with van der Waals surface area (Å²) in [6.07, 6.45) is 6.32. The van der Waals surface area contributed by atoms with Gasteiger partial charge in [-0.25, -0.2) is 0 Å². The fourth-order valence-electron chi connectivity index (χ4n) is 1.61. The number of hydrogen-bond acceptors (Lipinski definition) is 4. The maximum atomic E-state index is 9.16. The van der Waals surface area contributed by atoms with Gasteiger partial charge in [-0.1, -0.05) is 19.8 Å². The van der Waals surface area contributed by atoms with E-state index in [0.29, 0.717) is 6.42 Å². The largest absolute Gasteiger partial charge is 0.198 e. The topological polar surface area (TPSA) is 72.3 Å². The minimum Gasteiger partial charge on any atom is -0.198 e. The Bertz CT molecular complexity index is 324. The van der Waals surface area contributed by atoms with Crippen molar-refractivity contribution in [2.24, 2.45) is 10.2 Å². The van der Waals surface area contributed by atoms with Crippen molar-refractivity contribution in [2.75, 3.05) is 0 Å². The van der Waals surface area contributed by atoms with Crippen LogP contribution in [0.15, 0.2) is 10.2 Å². The van der Waals surface area contributed by atoms with Gasteiger partial charge in [-0.2, -0.15) is 20.8 Å². The second kappa shape index (κ2) is 9.59. The molecule has 0 amide bonds. The van der Waals surface area contributed by atoms with Crippen LogP contribution in [0.1, 0.15) is 65.7 Å². The molecule has 2 atom stereocenters. The predicted molar refractivity (Wildman–Crippen MR) is 71.9 cm³/mol. The molecule has 0 saturated heterocycles. The molecule has 0 heterocycles. The fraction of sp³-hybridized carbons (Fsp3) is 0.857. The molecule has 0 N–H and O–H groups in total. The number of nitriles is 2. The van der Waals surface area contributed by atoms with E-state index in [1.165, 1.54) is 0 Å². The Balaban J connectivity index is 4.17. The standard InChI is InChI=1S/C14H24N4/c1-4-5-7-10-14(3,12-16)18-17-13(2)9-6-8-11-15/h13H,4-10H2,1-3H3. The van der Waals surface area contributed by atoms with Gasteiger partial charge in [0.05, 0.1) is 18.2 Å². The van der Waals surface area contributed by atoms with E-state index in [4.69, 9.17) is 10.5 Å². The van der Waals surface area contributed by atoms with Gasteiger partial charge in [0.2, 0.25) is 0 Å². The van der Waals surface area contributed by atoms with Gasteiger partial charge < -0.3 is 0 Å². The van der Waals surface area contributed by atoms with Crippen molar-refractivity contribution >= 4 is 0 Å². The van der Waals surface area contributed by atoms with Crippen molar-refractivity contribution in [1.29, 1.82) is 10.5 Å². The number of hydrogen-bond donors (Lipinski definition) is 0. The predicted octanol–water partition coefficient (Wildman–Crippen LogP) is 4.38. The van der Waals surface area contributed by atoms with Crippen LogP contribution in [0.25, 0.3) is 0 Å². The van der Waals surface area contributed by atoms with E-state index in [1.807, 2.05) is 13.8 Å². The first-order valence-electron chi connectivity index (χ1n) is 6.78. The lowest BCUT2D eigenvalue weighted by molar-refractivity contribution is 0.464. The first kappa shape index (κ1) is 16.6. The van der Waals surface area contributed by atoms with Crippen LogP contribution in [-0.2, 0) is 0 Å². The summed E-state index contributed by atoms with van der Waals surface area (Å²) in [4.78, 5) is 0. The van der Waals surface area contributed by atoms with Crippen molar-refractivity contribution in [2.45, 2.75) is 77.3 Å². The van der Waals surface area contributed by atoms with Gasteiger partial charge in [0, 0.05) is 6.42 Å². The van der Waals surface area contributed by atoms with Crippen molar-refractivity contribution in [1.82, 2.24) is 0 Å². The van der Waals surface area contributed by atoms with Crippen LogP contribution in [0.4, 0.5) is 0 Å². The van der Waals surface area contributed by atoms with Crippen LogP contribution in [0.3, 0.4) is 0 Å². The molecule has 0 bridgehead atoms. The summed E-state index contributed by atoms with van der Waals surface area (Å²) in [5, 5.41) is 26.0. The summed E-state index contributed by atoms with van der Waals surface area (Å²) in [6, 6.07) is 4.46. The third-order valence-electron chi connectivity index (χ3n) is 2.89. The molecule has 2 unspecified atom stereocenters. The summed E-state index contributed by atoms with van der Waals surface area (Å²) in [7, 11) is 0. The molecular weight excluding hydrogens is 224 g/mol. The van der Waals surface area contributed by atoms with Gasteiger partial charge in [0.15, 0.2) is 5.54 Å². The van der Waals surface area contributed by atoms with Gasteiger partial charge in [0.25, 0.3) is 0 Å². The zero-order chi connectivity index (χ0) is 13.9. The lowest BCUT2D eigenvalue weighted by Gasteiger charge is -2.15. The molecule has 100 valence electrons. The first-order valence-corrected chi connectivity index (χ1v) is 6.78. The highest BCUT2D eigenvalue weighted by Crippen LogP contribution is 2.20. The molecule has 4 nitrogen and oxygen atoms in total. The highest BCUT2D eigenvalue weighted by molar-refractivity contribution is 5.03. The third kappa shape index (κ3) is 7.79. The molecule has 0 aliphatic heterocycles. The van der Waals surface area contributed by atoms with Gasteiger partial charge in [-0.3, -0.25) is 0 Å². The number of unbranched alkanes of at least 4 members (excludes halogenated alkanes) is 3. The summed E-state index contributed by atoms with van der Waals surface area (Å²) in [5.74, 6) is 0. The average Bonchev–Trinajstić information content (AvgIpc) is 2.37. The highest BCUT2D eigenvalue weighted by Gasteiger charge is 2.22. The second-order valence-corrected chi connectivity index (χ2v) is 4.96. The number of nitrogens with zero attached hydrogens (tertiary/aromatic N) is 4. The number of rotatable bonds is 9. The minimum atomic E-state index is -0.682. The highest BCUT2D eigenvalue weighted by atomic mass is 15.2. The summed E-state index contributed by atoms with van der Waals surface area (Å²) >= 11 is 0. The fourth-order valence-corrected chi connectivity index (χ4v) is 1.61. The third-order valence-corrected chi connectivity index (χ3v) is 2.89. The Morgan fingerprint density at radius 1 is 1.22 bits per heavy atom. The molecule has 0 aliphatic carbocycles.